The third kappa shape index (κ3) is 2.39. The van der Waals surface area contributed by atoms with Gasteiger partial charge in [-0.1, -0.05) is 35.9 Å². The second-order valence-electron chi connectivity index (χ2n) is 4.52. The smallest absolute Gasteiger partial charge is 0.126 e. The van der Waals surface area contributed by atoms with E-state index in [-0.39, 0.29) is 6.61 Å². The van der Waals surface area contributed by atoms with Gasteiger partial charge >= 0.3 is 0 Å². The minimum absolute atomic E-state index is 0.0358. The highest BCUT2D eigenvalue weighted by Crippen LogP contribution is 2.33. The molecule has 0 aromatic heterocycles. The predicted molar refractivity (Wildman–Crippen MR) is 73.8 cm³/mol. The number of rotatable bonds is 3. The van der Waals surface area contributed by atoms with E-state index in [1.807, 2.05) is 44.2 Å². The van der Waals surface area contributed by atoms with E-state index >= 15 is 0 Å². The summed E-state index contributed by atoms with van der Waals surface area (Å²) in [6.07, 6.45) is 0. The molecule has 0 fully saturated rings. The third-order valence-electron chi connectivity index (χ3n) is 3.08. The fraction of sp³-hybridized carbons (Fsp3) is 0.250. The Morgan fingerprint density at radius 3 is 2.17 bits per heavy atom. The van der Waals surface area contributed by atoms with Gasteiger partial charge in [0.1, 0.15) is 5.75 Å². The van der Waals surface area contributed by atoms with Gasteiger partial charge in [-0.2, -0.15) is 0 Å². The molecular formula is C16H18O2. The summed E-state index contributed by atoms with van der Waals surface area (Å²) in [6, 6.07) is 12.2. The van der Waals surface area contributed by atoms with Crippen LogP contribution in [-0.4, -0.2) is 12.2 Å². The topological polar surface area (TPSA) is 29.5 Å². The molecule has 0 saturated heterocycles. The summed E-state index contributed by atoms with van der Waals surface area (Å²) in [4.78, 5) is 0. The van der Waals surface area contributed by atoms with E-state index < -0.39 is 0 Å². The van der Waals surface area contributed by atoms with E-state index in [1.165, 1.54) is 0 Å². The average Bonchev–Trinajstić information content (AvgIpc) is 2.38. The Hall–Kier alpha value is -1.80. The van der Waals surface area contributed by atoms with Crippen molar-refractivity contribution in [1.29, 1.82) is 0 Å². The molecule has 0 aliphatic rings. The van der Waals surface area contributed by atoms with Crippen molar-refractivity contribution in [2.45, 2.75) is 20.5 Å². The minimum Gasteiger partial charge on any atom is -0.496 e. The van der Waals surface area contributed by atoms with Crippen molar-refractivity contribution in [3.63, 3.8) is 0 Å². The molecule has 1 N–H and O–H groups in total. The van der Waals surface area contributed by atoms with Crippen LogP contribution in [0.4, 0.5) is 0 Å². The lowest BCUT2D eigenvalue weighted by Crippen LogP contribution is -1.94. The minimum atomic E-state index is 0.0358. The van der Waals surface area contributed by atoms with E-state index in [1.54, 1.807) is 7.11 Å². The normalized spacial score (nSPS) is 10.4. The maximum absolute atomic E-state index is 9.48. The Balaban J connectivity index is 2.61. The summed E-state index contributed by atoms with van der Waals surface area (Å²) < 4.78 is 5.43. The monoisotopic (exact) mass is 242 g/mol. The van der Waals surface area contributed by atoms with Crippen LogP contribution < -0.4 is 4.74 Å². The van der Waals surface area contributed by atoms with Gasteiger partial charge in [0.25, 0.3) is 0 Å². The summed E-state index contributed by atoms with van der Waals surface area (Å²) in [5, 5.41) is 9.48. The van der Waals surface area contributed by atoms with Gasteiger partial charge in [-0.15, -0.1) is 0 Å². The first kappa shape index (κ1) is 12.7. The van der Waals surface area contributed by atoms with Crippen molar-refractivity contribution in [2.24, 2.45) is 0 Å². The first-order valence-corrected chi connectivity index (χ1v) is 6.01. The van der Waals surface area contributed by atoms with Crippen LogP contribution in [0.3, 0.4) is 0 Å². The average molecular weight is 242 g/mol. The lowest BCUT2D eigenvalue weighted by atomic mass is 9.96. The number of methoxy groups -OCH3 is 1. The van der Waals surface area contributed by atoms with Gasteiger partial charge in [0.15, 0.2) is 0 Å². The molecule has 2 aromatic rings. The second kappa shape index (κ2) is 5.23. The SMILES string of the molecule is COc1cc(C)ccc1-c1ccc(C)cc1CO. The largest absolute Gasteiger partial charge is 0.496 e. The first-order chi connectivity index (χ1) is 8.65. The Kier molecular flexibility index (Phi) is 3.68. The summed E-state index contributed by atoms with van der Waals surface area (Å²) in [7, 11) is 1.67. The number of benzene rings is 2. The lowest BCUT2D eigenvalue weighted by molar-refractivity contribution is 0.282. The maximum atomic E-state index is 9.48. The number of hydrogen-bond donors (Lipinski definition) is 1. The quantitative estimate of drug-likeness (QED) is 0.893. The molecule has 94 valence electrons. The molecule has 0 aliphatic carbocycles. The zero-order valence-corrected chi connectivity index (χ0v) is 11.0. The Labute approximate surface area is 108 Å². The summed E-state index contributed by atoms with van der Waals surface area (Å²) in [5.74, 6) is 0.841. The second-order valence-corrected chi connectivity index (χ2v) is 4.52. The van der Waals surface area contributed by atoms with Crippen LogP contribution in [0, 0.1) is 13.8 Å². The molecule has 0 heterocycles. The standard InChI is InChI=1S/C16H18O2/c1-11-4-6-14(13(8-11)10-17)15-7-5-12(2)9-16(15)18-3/h4-9,17H,10H2,1-3H3. The molecule has 2 nitrogen and oxygen atoms in total. The van der Waals surface area contributed by atoms with E-state index in [9.17, 15) is 5.11 Å². The van der Waals surface area contributed by atoms with Gasteiger partial charge in [0, 0.05) is 5.56 Å². The van der Waals surface area contributed by atoms with Crippen LogP contribution in [0.25, 0.3) is 11.1 Å². The van der Waals surface area contributed by atoms with Crippen LogP contribution in [0.15, 0.2) is 36.4 Å². The number of ether oxygens (including phenoxy) is 1. The Morgan fingerprint density at radius 2 is 1.56 bits per heavy atom. The van der Waals surface area contributed by atoms with Crippen molar-refractivity contribution < 1.29 is 9.84 Å². The van der Waals surface area contributed by atoms with Gasteiger partial charge in [0.05, 0.1) is 13.7 Å². The fourth-order valence-corrected chi connectivity index (χ4v) is 2.14. The summed E-state index contributed by atoms with van der Waals surface area (Å²) in [6.45, 7) is 4.09. The molecule has 2 aromatic carbocycles. The fourth-order valence-electron chi connectivity index (χ4n) is 2.14. The van der Waals surface area contributed by atoms with Gasteiger partial charge in [-0.05, 0) is 36.6 Å². The molecule has 0 saturated carbocycles. The molecule has 18 heavy (non-hydrogen) atoms. The highest BCUT2D eigenvalue weighted by molar-refractivity contribution is 5.74. The van der Waals surface area contributed by atoms with Crippen LogP contribution >= 0.6 is 0 Å². The zero-order chi connectivity index (χ0) is 13.1. The molecule has 2 heteroatoms. The van der Waals surface area contributed by atoms with Gasteiger partial charge in [-0.25, -0.2) is 0 Å². The lowest BCUT2D eigenvalue weighted by Gasteiger charge is -2.13. The van der Waals surface area contributed by atoms with E-state index in [2.05, 4.69) is 6.07 Å². The Bertz CT molecular complexity index is 508. The molecule has 0 atom stereocenters. The molecule has 0 unspecified atom stereocenters. The summed E-state index contributed by atoms with van der Waals surface area (Å²) >= 11 is 0. The molecule has 0 bridgehead atoms. The van der Waals surface area contributed by atoms with Crippen molar-refractivity contribution in [3.8, 4) is 16.9 Å². The highest BCUT2D eigenvalue weighted by atomic mass is 16.5. The van der Waals surface area contributed by atoms with E-state index in [4.69, 9.17) is 4.74 Å². The van der Waals surface area contributed by atoms with E-state index in [0.717, 1.165) is 33.6 Å². The summed E-state index contributed by atoms with van der Waals surface area (Å²) in [5.41, 5.74) is 5.28. The van der Waals surface area contributed by atoms with Crippen LogP contribution in [0.1, 0.15) is 16.7 Å². The predicted octanol–water partition coefficient (Wildman–Crippen LogP) is 3.47. The van der Waals surface area contributed by atoms with E-state index in [0.29, 0.717) is 0 Å². The van der Waals surface area contributed by atoms with Crippen molar-refractivity contribution in [2.75, 3.05) is 7.11 Å². The van der Waals surface area contributed by atoms with Crippen LogP contribution in [0.5, 0.6) is 5.75 Å². The van der Waals surface area contributed by atoms with Crippen LogP contribution in [-0.2, 0) is 6.61 Å². The molecule has 0 aliphatic heterocycles. The van der Waals surface area contributed by atoms with Crippen molar-refractivity contribution >= 4 is 0 Å². The van der Waals surface area contributed by atoms with Gasteiger partial charge < -0.3 is 9.84 Å². The molecule has 0 amide bonds. The highest BCUT2D eigenvalue weighted by Gasteiger charge is 2.10. The molecule has 0 radical (unpaired) electrons. The Morgan fingerprint density at radius 1 is 0.944 bits per heavy atom. The maximum Gasteiger partial charge on any atom is 0.126 e. The van der Waals surface area contributed by atoms with Gasteiger partial charge in [0.2, 0.25) is 0 Å². The molecular weight excluding hydrogens is 224 g/mol. The number of aryl methyl sites for hydroxylation is 2. The van der Waals surface area contributed by atoms with Crippen molar-refractivity contribution in [1.82, 2.24) is 0 Å². The van der Waals surface area contributed by atoms with Crippen LogP contribution in [0.2, 0.25) is 0 Å². The number of aliphatic hydroxyl groups excluding tert-OH is 1. The first-order valence-electron chi connectivity index (χ1n) is 6.01. The van der Waals surface area contributed by atoms with Gasteiger partial charge in [-0.3, -0.25) is 0 Å². The molecule has 0 spiro atoms. The third-order valence-corrected chi connectivity index (χ3v) is 3.08. The number of aliphatic hydroxyl groups is 1. The molecule has 2 rings (SSSR count). The number of hydrogen-bond acceptors (Lipinski definition) is 2. The zero-order valence-electron chi connectivity index (χ0n) is 11.0. The van der Waals surface area contributed by atoms with Crippen molar-refractivity contribution in [3.05, 3.63) is 53.1 Å².